The number of H-pyrrole nitrogens is 1. The Morgan fingerprint density at radius 2 is 1.90 bits per heavy atom. The van der Waals surface area contributed by atoms with Gasteiger partial charge in [0.05, 0.1) is 10.6 Å². The van der Waals surface area contributed by atoms with E-state index >= 15 is 0 Å². The zero-order valence-electron chi connectivity index (χ0n) is 15.3. The third kappa shape index (κ3) is 3.37. The van der Waals surface area contributed by atoms with Gasteiger partial charge < -0.3 is 4.74 Å². The standard InChI is InChI=1S/C19H13N7O3S/c27-26(28)13-6-8-14(9-7-13)29-11-17-24-25-18(22-23-19(25)30-17)16-10-15(20-21-16)12-4-2-1-3-5-12/h1-10H,11H2,(H,20,21). The highest BCUT2D eigenvalue weighted by atomic mass is 32.1. The maximum atomic E-state index is 10.7. The lowest BCUT2D eigenvalue weighted by molar-refractivity contribution is -0.384. The van der Waals surface area contributed by atoms with E-state index in [1.54, 1.807) is 16.6 Å². The van der Waals surface area contributed by atoms with Crippen LogP contribution in [0.25, 0.3) is 27.7 Å². The minimum absolute atomic E-state index is 0.0141. The number of aromatic nitrogens is 6. The molecule has 3 aromatic heterocycles. The molecule has 2 aromatic carbocycles. The van der Waals surface area contributed by atoms with E-state index in [-0.39, 0.29) is 12.3 Å². The van der Waals surface area contributed by atoms with Crippen LogP contribution in [-0.2, 0) is 6.61 Å². The molecule has 148 valence electrons. The molecule has 30 heavy (non-hydrogen) atoms. The van der Waals surface area contributed by atoms with Crippen molar-refractivity contribution >= 4 is 22.0 Å². The third-order valence-corrected chi connectivity index (χ3v) is 5.20. The number of non-ortho nitro benzene ring substituents is 1. The van der Waals surface area contributed by atoms with Crippen molar-refractivity contribution in [1.29, 1.82) is 0 Å². The molecular formula is C19H13N7O3S. The monoisotopic (exact) mass is 419 g/mol. The number of nitro groups is 1. The van der Waals surface area contributed by atoms with Gasteiger partial charge in [0.15, 0.2) is 5.01 Å². The number of hydrogen-bond donors (Lipinski definition) is 1. The highest BCUT2D eigenvalue weighted by molar-refractivity contribution is 7.16. The van der Waals surface area contributed by atoms with Gasteiger partial charge in [0.2, 0.25) is 10.8 Å². The third-order valence-electron chi connectivity index (χ3n) is 4.33. The molecule has 0 radical (unpaired) electrons. The summed E-state index contributed by atoms with van der Waals surface area (Å²) in [5, 5.41) is 31.7. The highest BCUT2D eigenvalue weighted by Gasteiger charge is 2.16. The Labute approximate surface area is 172 Å². The summed E-state index contributed by atoms with van der Waals surface area (Å²) in [5.41, 5.74) is 2.52. The fraction of sp³-hybridized carbons (Fsp3) is 0.0526. The number of nitrogens with one attached hydrogen (secondary N) is 1. The number of nitro benzene ring substituents is 1. The normalized spacial score (nSPS) is 11.1. The molecule has 5 rings (SSSR count). The van der Waals surface area contributed by atoms with Crippen LogP contribution in [0, 0.1) is 10.1 Å². The van der Waals surface area contributed by atoms with Crippen molar-refractivity contribution in [2.45, 2.75) is 6.61 Å². The Kier molecular flexibility index (Phi) is 4.41. The van der Waals surface area contributed by atoms with Gasteiger partial charge in [-0.3, -0.25) is 15.2 Å². The summed E-state index contributed by atoms with van der Waals surface area (Å²) < 4.78 is 7.32. The van der Waals surface area contributed by atoms with Gasteiger partial charge in [0, 0.05) is 17.7 Å². The van der Waals surface area contributed by atoms with Crippen molar-refractivity contribution in [2.75, 3.05) is 0 Å². The lowest BCUT2D eigenvalue weighted by atomic mass is 10.1. The zero-order chi connectivity index (χ0) is 20.5. The Bertz CT molecular complexity index is 1330. The molecule has 3 heterocycles. The molecule has 0 aliphatic heterocycles. The summed E-state index contributed by atoms with van der Waals surface area (Å²) in [6, 6.07) is 17.6. The quantitative estimate of drug-likeness (QED) is 0.328. The first-order valence-corrected chi connectivity index (χ1v) is 9.68. The molecule has 11 heteroatoms. The van der Waals surface area contributed by atoms with Crippen molar-refractivity contribution in [1.82, 2.24) is 30.0 Å². The predicted molar refractivity (Wildman–Crippen MR) is 109 cm³/mol. The van der Waals surface area contributed by atoms with Gasteiger partial charge in [-0.1, -0.05) is 41.7 Å². The second kappa shape index (κ2) is 7.37. The van der Waals surface area contributed by atoms with Gasteiger partial charge in [-0.05, 0) is 18.2 Å². The van der Waals surface area contributed by atoms with Crippen molar-refractivity contribution in [2.24, 2.45) is 0 Å². The summed E-state index contributed by atoms with van der Waals surface area (Å²) >= 11 is 1.35. The maximum absolute atomic E-state index is 10.7. The Morgan fingerprint density at radius 1 is 1.10 bits per heavy atom. The van der Waals surface area contributed by atoms with Crippen LogP contribution in [0.4, 0.5) is 5.69 Å². The van der Waals surface area contributed by atoms with Crippen LogP contribution in [0.2, 0.25) is 0 Å². The fourth-order valence-electron chi connectivity index (χ4n) is 2.89. The molecule has 0 aliphatic carbocycles. The van der Waals surface area contributed by atoms with Crippen LogP contribution in [-0.4, -0.2) is 34.9 Å². The van der Waals surface area contributed by atoms with Gasteiger partial charge in [-0.15, -0.1) is 10.2 Å². The molecule has 0 amide bonds. The molecule has 0 fully saturated rings. The van der Waals surface area contributed by atoms with Crippen molar-refractivity contribution in [3.8, 4) is 28.5 Å². The topological polar surface area (TPSA) is 124 Å². The van der Waals surface area contributed by atoms with Crippen LogP contribution < -0.4 is 4.74 Å². The molecule has 0 saturated heterocycles. The summed E-state index contributed by atoms with van der Waals surface area (Å²) in [4.78, 5) is 10.9. The minimum atomic E-state index is -0.452. The number of benzene rings is 2. The van der Waals surface area contributed by atoms with Crippen molar-refractivity contribution < 1.29 is 9.66 Å². The highest BCUT2D eigenvalue weighted by Crippen LogP contribution is 2.25. The zero-order valence-corrected chi connectivity index (χ0v) is 16.1. The average Bonchev–Trinajstić information content (AvgIpc) is 3.49. The molecule has 1 N–H and O–H groups in total. The van der Waals surface area contributed by atoms with Gasteiger partial charge in [-0.25, -0.2) is 0 Å². The molecule has 0 aliphatic rings. The Balaban J connectivity index is 1.35. The predicted octanol–water partition coefficient (Wildman–Crippen LogP) is 3.73. The molecule has 0 unspecified atom stereocenters. The summed E-state index contributed by atoms with van der Waals surface area (Å²) in [5.74, 6) is 1.07. The summed E-state index contributed by atoms with van der Waals surface area (Å²) in [7, 11) is 0. The van der Waals surface area contributed by atoms with Crippen molar-refractivity contribution in [3.05, 3.63) is 75.8 Å². The fourth-order valence-corrected chi connectivity index (χ4v) is 3.63. The van der Waals surface area contributed by atoms with E-state index in [0.29, 0.717) is 27.2 Å². The molecule has 0 saturated carbocycles. The average molecular weight is 419 g/mol. The van der Waals surface area contributed by atoms with E-state index in [2.05, 4.69) is 25.5 Å². The molecule has 0 atom stereocenters. The van der Waals surface area contributed by atoms with E-state index in [1.807, 2.05) is 36.4 Å². The minimum Gasteiger partial charge on any atom is -0.486 e. The van der Waals surface area contributed by atoms with E-state index < -0.39 is 4.92 Å². The molecule has 5 aromatic rings. The van der Waals surface area contributed by atoms with Gasteiger partial charge in [0.1, 0.15) is 18.1 Å². The molecule has 0 bridgehead atoms. The Hall–Kier alpha value is -4.12. The maximum Gasteiger partial charge on any atom is 0.269 e. The van der Waals surface area contributed by atoms with E-state index in [1.165, 1.54) is 23.5 Å². The largest absolute Gasteiger partial charge is 0.486 e. The first-order valence-electron chi connectivity index (χ1n) is 8.87. The van der Waals surface area contributed by atoms with Gasteiger partial charge in [0.25, 0.3) is 5.69 Å². The van der Waals surface area contributed by atoms with Crippen LogP contribution in [0.5, 0.6) is 5.75 Å². The SMILES string of the molecule is O=[N+]([O-])c1ccc(OCc2nn3c(-c4cc(-c5ccccc5)n[nH]4)nnc3s2)cc1. The molecule has 10 nitrogen and oxygen atoms in total. The van der Waals surface area contributed by atoms with E-state index in [0.717, 1.165) is 11.3 Å². The second-order valence-corrected chi connectivity index (χ2v) is 7.33. The van der Waals surface area contributed by atoms with Gasteiger partial charge >= 0.3 is 0 Å². The number of aromatic amines is 1. The summed E-state index contributed by atoms with van der Waals surface area (Å²) in [6.07, 6.45) is 0. The number of rotatable bonds is 6. The first-order chi connectivity index (χ1) is 14.7. The number of hydrogen-bond acceptors (Lipinski definition) is 8. The van der Waals surface area contributed by atoms with Crippen molar-refractivity contribution in [3.63, 3.8) is 0 Å². The van der Waals surface area contributed by atoms with Crippen LogP contribution in [0.1, 0.15) is 5.01 Å². The smallest absolute Gasteiger partial charge is 0.269 e. The second-order valence-electron chi connectivity index (χ2n) is 6.29. The lowest BCUT2D eigenvalue weighted by Gasteiger charge is -2.02. The Morgan fingerprint density at radius 3 is 2.67 bits per heavy atom. The molecule has 0 spiro atoms. The number of nitrogens with zero attached hydrogens (tertiary/aromatic N) is 6. The lowest BCUT2D eigenvalue weighted by Crippen LogP contribution is -1.98. The van der Waals surface area contributed by atoms with E-state index in [9.17, 15) is 10.1 Å². The number of fused-ring (bicyclic) bond motifs is 1. The summed E-state index contributed by atoms with van der Waals surface area (Å²) in [6.45, 7) is 0.212. The molecular weight excluding hydrogens is 406 g/mol. The first kappa shape index (κ1) is 17.9. The van der Waals surface area contributed by atoms with Crippen LogP contribution in [0.3, 0.4) is 0 Å². The van der Waals surface area contributed by atoms with Gasteiger partial charge in [-0.2, -0.15) is 14.7 Å². The van der Waals surface area contributed by atoms with Crippen LogP contribution >= 0.6 is 11.3 Å². The van der Waals surface area contributed by atoms with Crippen LogP contribution in [0.15, 0.2) is 60.7 Å². The number of ether oxygens (including phenoxy) is 1. The van der Waals surface area contributed by atoms with E-state index in [4.69, 9.17) is 4.74 Å².